The Morgan fingerprint density at radius 2 is 1.87 bits per heavy atom. The van der Waals surface area contributed by atoms with Crippen LogP contribution in [-0.2, 0) is 6.54 Å². The minimum Gasteiger partial charge on any atom is -0.493 e. The Morgan fingerprint density at radius 3 is 2.61 bits per heavy atom. The van der Waals surface area contributed by atoms with Gasteiger partial charge < -0.3 is 9.47 Å². The van der Waals surface area contributed by atoms with Gasteiger partial charge in [0.25, 0.3) is 5.91 Å². The van der Waals surface area contributed by atoms with Gasteiger partial charge in [-0.15, -0.1) is 16.4 Å². The largest absolute Gasteiger partial charge is 0.493 e. The van der Waals surface area contributed by atoms with E-state index in [0.29, 0.717) is 23.2 Å². The molecule has 0 saturated heterocycles. The van der Waals surface area contributed by atoms with E-state index in [9.17, 15) is 4.79 Å². The smallest absolute Gasteiger partial charge is 0.279 e. The number of ether oxygens (including phenoxy) is 2. The number of thiazole rings is 1. The van der Waals surface area contributed by atoms with Crippen molar-refractivity contribution in [2.24, 2.45) is 0 Å². The summed E-state index contributed by atoms with van der Waals surface area (Å²) in [5.74, 6) is 0.909. The minimum atomic E-state index is -0.355. The molecule has 0 atom stereocenters. The summed E-state index contributed by atoms with van der Waals surface area (Å²) in [6.07, 6.45) is 1.62. The number of carbonyl (C=O) groups is 1. The number of nitrogens with one attached hydrogen (secondary N) is 1. The molecule has 0 spiro atoms. The zero-order valence-corrected chi connectivity index (χ0v) is 18.1. The van der Waals surface area contributed by atoms with Crippen molar-refractivity contribution < 1.29 is 14.3 Å². The van der Waals surface area contributed by atoms with Crippen molar-refractivity contribution in [2.75, 3.05) is 19.5 Å². The molecule has 158 valence electrons. The SMILES string of the molecule is COc1ccc(-c2nc(NC(=O)c3cn(Cc4ccccc4)nn3)sc2C)cc1OC. The van der Waals surface area contributed by atoms with E-state index in [-0.39, 0.29) is 11.6 Å². The molecule has 0 fully saturated rings. The number of rotatable bonds is 7. The van der Waals surface area contributed by atoms with Crippen molar-refractivity contribution in [1.82, 2.24) is 20.0 Å². The lowest BCUT2D eigenvalue weighted by atomic mass is 10.1. The molecule has 9 heteroatoms. The molecule has 1 N–H and O–H groups in total. The van der Waals surface area contributed by atoms with Gasteiger partial charge in [0.05, 0.1) is 32.7 Å². The Morgan fingerprint density at radius 1 is 1.10 bits per heavy atom. The Labute approximate surface area is 183 Å². The first kappa shape index (κ1) is 20.5. The number of anilines is 1. The van der Waals surface area contributed by atoms with Crippen LogP contribution in [0.25, 0.3) is 11.3 Å². The highest BCUT2D eigenvalue weighted by Gasteiger charge is 2.17. The summed E-state index contributed by atoms with van der Waals surface area (Å²) in [4.78, 5) is 18.2. The first-order chi connectivity index (χ1) is 15.1. The highest BCUT2D eigenvalue weighted by atomic mass is 32.1. The van der Waals surface area contributed by atoms with Gasteiger partial charge in [-0.2, -0.15) is 0 Å². The van der Waals surface area contributed by atoms with Crippen LogP contribution in [0.1, 0.15) is 20.9 Å². The summed E-state index contributed by atoms with van der Waals surface area (Å²) in [5.41, 5.74) is 2.96. The quantitative estimate of drug-likeness (QED) is 0.471. The van der Waals surface area contributed by atoms with Crippen LogP contribution in [0.4, 0.5) is 5.13 Å². The fraction of sp³-hybridized carbons (Fsp3) is 0.182. The average Bonchev–Trinajstić information content (AvgIpc) is 3.40. The third-order valence-electron chi connectivity index (χ3n) is 4.63. The van der Waals surface area contributed by atoms with E-state index in [1.165, 1.54) is 11.3 Å². The van der Waals surface area contributed by atoms with Gasteiger partial charge in [0.15, 0.2) is 22.3 Å². The molecule has 1 amide bonds. The Hall–Kier alpha value is -3.72. The average molecular weight is 436 g/mol. The maximum Gasteiger partial charge on any atom is 0.279 e. The van der Waals surface area contributed by atoms with E-state index >= 15 is 0 Å². The number of carbonyl (C=O) groups excluding carboxylic acids is 1. The zero-order valence-electron chi connectivity index (χ0n) is 17.3. The summed E-state index contributed by atoms with van der Waals surface area (Å²) in [7, 11) is 3.18. The second-order valence-electron chi connectivity index (χ2n) is 6.73. The summed E-state index contributed by atoms with van der Waals surface area (Å²) in [6.45, 7) is 2.50. The Balaban J connectivity index is 1.49. The van der Waals surface area contributed by atoms with Crippen LogP contribution in [-0.4, -0.2) is 40.1 Å². The standard InChI is InChI=1S/C22H21N5O3S/c1-14-20(16-9-10-18(29-2)19(11-16)30-3)23-22(31-14)24-21(28)17-13-27(26-25-17)12-15-7-5-4-6-8-15/h4-11,13H,12H2,1-3H3,(H,23,24,28). The molecular weight excluding hydrogens is 414 g/mol. The molecule has 2 aromatic heterocycles. The minimum absolute atomic E-state index is 0.233. The zero-order chi connectivity index (χ0) is 21.8. The monoisotopic (exact) mass is 435 g/mol. The van der Waals surface area contributed by atoms with E-state index in [1.54, 1.807) is 25.1 Å². The van der Waals surface area contributed by atoms with Crippen LogP contribution >= 0.6 is 11.3 Å². The number of aryl methyl sites for hydroxylation is 1. The van der Waals surface area contributed by atoms with Gasteiger partial charge in [-0.3, -0.25) is 10.1 Å². The van der Waals surface area contributed by atoms with Crippen LogP contribution in [0.2, 0.25) is 0 Å². The number of methoxy groups -OCH3 is 2. The molecule has 0 unspecified atom stereocenters. The second-order valence-corrected chi connectivity index (χ2v) is 7.94. The number of hydrogen-bond acceptors (Lipinski definition) is 7. The molecular formula is C22H21N5O3S. The van der Waals surface area contributed by atoms with E-state index in [0.717, 1.165) is 21.7 Å². The van der Waals surface area contributed by atoms with Crippen molar-refractivity contribution in [2.45, 2.75) is 13.5 Å². The first-order valence-corrected chi connectivity index (χ1v) is 10.3. The maximum absolute atomic E-state index is 12.6. The van der Waals surface area contributed by atoms with Crippen molar-refractivity contribution in [3.05, 3.63) is 70.9 Å². The van der Waals surface area contributed by atoms with Crippen molar-refractivity contribution in [3.8, 4) is 22.8 Å². The fourth-order valence-corrected chi connectivity index (χ4v) is 3.94. The van der Waals surface area contributed by atoms with Gasteiger partial charge in [-0.1, -0.05) is 35.5 Å². The van der Waals surface area contributed by atoms with Crippen LogP contribution in [0.5, 0.6) is 11.5 Å². The fourth-order valence-electron chi connectivity index (χ4n) is 3.11. The van der Waals surface area contributed by atoms with Gasteiger partial charge in [-0.05, 0) is 30.7 Å². The molecule has 0 aliphatic heterocycles. The third kappa shape index (κ3) is 4.56. The molecule has 4 aromatic rings. The van der Waals surface area contributed by atoms with Crippen molar-refractivity contribution in [1.29, 1.82) is 0 Å². The lowest BCUT2D eigenvalue weighted by Gasteiger charge is -2.08. The van der Waals surface area contributed by atoms with E-state index < -0.39 is 0 Å². The molecule has 8 nitrogen and oxygen atoms in total. The molecule has 0 aliphatic rings. The molecule has 2 heterocycles. The first-order valence-electron chi connectivity index (χ1n) is 9.52. The van der Waals surface area contributed by atoms with Gasteiger partial charge >= 0.3 is 0 Å². The number of nitrogens with zero attached hydrogens (tertiary/aromatic N) is 4. The van der Waals surface area contributed by atoms with Gasteiger partial charge in [0.1, 0.15) is 0 Å². The normalized spacial score (nSPS) is 10.7. The van der Waals surface area contributed by atoms with Crippen molar-refractivity contribution >= 4 is 22.4 Å². The lowest BCUT2D eigenvalue weighted by Crippen LogP contribution is -2.12. The van der Waals surface area contributed by atoms with E-state index in [1.807, 2.05) is 55.5 Å². The second kappa shape index (κ2) is 8.97. The Bertz CT molecular complexity index is 1200. The molecule has 0 radical (unpaired) electrons. The lowest BCUT2D eigenvalue weighted by molar-refractivity contribution is 0.102. The molecule has 0 aliphatic carbocycles. The highest BCUT2D eigenvalue weighted by Crippen LogP contribution is 2.36. The molecule has 0 saturated carbocycles. The van der Waals surface area contributed by atoms with E-state index in [2.05, 4.69) is 20.6 Å². The maximum atomic E-state index is 12.6. The molecule has 31 heavy (non-hydrogen) atoms. The highest BCUT2D eigenvalue weighted by molar-refractivity contribution is 7.16. The predicted octanol–water partition coefficient (Wildman–Crippen LogP) is 4.03. The van der Waals surface area contributed by atoms with Crippen LogP contribution in [0, 0.1) is 6.92 Å². The van der Waals surface area contributed by atoms with Crippen molar-refractivity contribution in [3.63, 3.8) is 0 Å². The molecule has 0 bridgehead atoms. The van der Waals surface area contributed by atoms with Gasteiger partial charge in [0.2, 0.25) is 0 Å². The van der Waals surface area contributed by atoms with Crippen LogP contribution in [0.15, 0.2) is 54.7 Å². The summed E-state index contributed by atoms with van der Waals surface area (Å²) in [6, 6.07) is 15.5. The topological polar surface area (TPSA) is 91.2 Å². The molecule has 4 rings (SSSR count). The van der Waals surface area contributed by atoms with Crippen LogP contribution in [0.3, 0.4) is 0 Å². The van der Waals surface area contributed by atoms with Gasteiger partial charge in [0, 0.05) is 10.4 Å². The van der Waals surface area contributed by atoms with E-state index in [4.69, 9.17) is 9.47 Å². The predicted molar refractivity (Wildman–Crippen MR) is 119 cm³/mol. The number of aromatic nitrogens is 4. The summed E-state index contributed by atoms with van der Waals surface area (Å²) >= 11 is 1.39. The molecule has 2 aromatic carbocycles. The number of amides is 1. The van der Waals surface area contributed by atoms with Gasteiger partial charge in [-0.25, -0.2) is 9.67 Å². The summed E-state index contributed by atoms with van der Waals surface area (Å²) in [5, 5.41) is 11.3. The Kier molecular flexibility index (Phi) is 5.94. The third-order valence-corrected chi connectivity index (χ3v) is 5.52. The summed E-state index contributed by atoms with van der Waals surface area (Å²) < 4.78 is 12.3. The number of hydrogen-bond donors (Lipinski definition) is 1. The van der Waals surface area contributed by atoms with Crippen LogP contribution < -0.4 is 14.8 Å². The number of benzene rings is 2.